The van der Waals surface area contributed by atoms with Gasteiger partial charge in [0.1, 0.15) is 18.1 Å². The van der Waals surface area contributed by atoms with Crippen LogP contribution in [0.1, 0.15) is 29.9 Å². The molecule has 1 aliphatic heterocycles. The Morgan fingerprint density at radius 3 is 2.46 bits per heavy atom. The Hall–Kier alpha value is -2.69. The third kappa shape index (κ3) is 3.79. The third-order valence-electron chi connectivity index (χ3n) is 4.41. The Morgan fingerprint density at radius 1 is 1.08 bits per heavy atom. The van der Waals surface area contributed by atoms with Gasteiger partial charge in [-0.05, 0) is 36.0 Å². The van der Waals surface area contributed by atoms with Gasteiger partial charge in [0.2, 0.25) is 0 Å². The number of ether oxygens (including phenoxy) is 1. The summed E-state index contributed by atoms with van der Waals surface area (Å²) in [6.45, 7) is 1.47. The van der Waals surface area contributed by atoms with Gasteiger partial charge in [0.05, 0.1) is 0 Å². The number of aromatic hydroxyl groups is 2. The Balaban J connectivity index is 1.52. The van der Waals surface area contributed by atoms with Crippen LogP contribution in [0.25, 0.3) is 0 Å². The number of rotatable bonds is 3. The molecule has 2 N–H and O–H groups in total. The first-order chi connectivity index (χ1) is 11.6. The molecule has 0 unspecified atom stereocenters. The van der Waals surface area contributed by atoms with Gasteiger partial charge >= 0.3 is 6.09 Å². The lowest BCUT2D eigenvalue weighted by atomic mass is 9.89. The first kappa shape index (κ1) is 16.2. The SMILES string of the molecule is O=C(OCc1ccccc1)N1CCC(c2ccc(O)cc2O)CC1. The van der Waals surface area contributed by atoms with Gasteiger partial charge in [-0.1, -0.05) is 36.4 Å². The molecule has 0 bridgehead atoms. The molecule has 5 nitrogen and oxygen atoms in total. The average Bonchev–Trinajstić information content (AvgIpc) is 2.61. The molecule has 1 aliphatic rings. The molecule has 1 fully saturated rings. The second kappa shape index (κ2) is 7.25. The van der Waals surface area contributed by atoms with Crippen LogP contribution in [0.15, 0.2) is 48.5 Å². The van der Waals surface area contributed by atoms with E-state index in [1.807, 2.05) is 30.3 Å². The van der Waals surface area contributed by atoms with Gasteiger partial charge in [0.15, 0.2) is 0 Å². The highest BCUT2D eigenvalue weighted by atomic mass is 16.6. The van der Waals surface area contributed by atoms with Gasteiger partial charge in [-0.25, -0.2) is 4.79 Å². The van der Waals surface area contributed by atoms with E-state index in [1.165, 1.54) is 6.07 Å². The van der Waals surface area contributed by atoms with Crippen LogP contribution in [0.4, 0.5) is 4.79 Å². The van der Waals surface area contributed by atoms with Crippen molar-refractivity contribution in [1.82, 2.24) is 4.90 Å². The fourth-order valence-corrected chi connectivity index (χ4v) is 3.06. The number of hydrogen-bond donors (Lipinski definition) is 2. The summed E-state index contributed by atoms with van der Waals surface area (Å²) in [6, 6.07) is 14.3. The van der Waals surface area contributed by atoms with Gasteiger partial charge in [0, 0.05) is 19.2 Å². The minimum Gasteiger partial charge on any atom is -0.508 e. The van der Waals surface area contributed by atoms with E-state index in [1.54, 1.807) is 17.0 Å². The van der Waals surface area contributed by atoms with Crippen LogP contribution in [0.2, 0.25) is 0 Å². The molecule has 1 saturated heterocycles. The molecule has 0 aliphatic carbocycles. The fraction of sp³-hybridized carbons (Fsp3) is 0.316. The standard InChI is InChI=1S/C19H21NO4/c21-16-6-7-17(18(22)12-16)15-8-10-20(11-9-15)19(23)24-13-14-4-2-1-3-5-14/h1-7,12,15,21-22H,8-11,13H2. The van der Waals surface area contributed by atoms with Crippen molar-refractivity contribution >= 4 is 6.09 Å². The zero-order chi connectivity index (χ0) is 16.9. The van der Waals surface area contributed by atoms with Crippen LogP contribution < -0.4 is 0 Å². The summed E-state index contributed by atoms with van der Waals surface area (Å²) >= 11 is 0. The Bertz CT molecular complexity index is 694. The number of nitrogens with zero attached hydrogens (tertiary/aromatic N) is 1. The topological polar surface area (TPSA) is 70.0 Å². The maximum absolute atomic E-state index is 12.1. The number of amides is 1. The lowest BCUT2D eigenvalue weighted by molar-refractivity contribution is 0.0869. The maximum Gasteiger partial charge on any atom is 0.410 e. The molecule has 1 amide bonds. The van der Waals surface area contributed by atoms with Gasteiger partial charge in [-0.15, -0.1) is 0 Å². The summed E-state index contributed by atoms with van der Waals surface area (Å²) in [5, 5.41) is 19.3. The van der Waals surface area contributed by atoms with Crippen LogP contribution in [0, 0.1) is 0 Å². The van der Waals surface area contributed by atoms with Crippen molar-refractivity contribution in [3.05, 3.63) is 59.7 Å². The van der Waals surface area contributed by atoms with E-state index in [-0.39, 0.29) is 30.1 Å². The van der Waals surface area contributed by atoms with E-state index in [0.29, 0.717) is 13.1 Å². The maximum atomic E-state index is 12.1. The van der Waals surface area contributed by atoms with Crippen LogP contribution in [0.5, 0.6) is 11.5 Å². The summed E-state index contributed by atoms with van der Waals surface area (Å²) in [7, 11) is 0. The zero-order valence-corrected chi connectivity index (χ0v) is 13.4. The quantitative estimate of drug-likeness (QED) is 0.903. The van der Waals surface area contributed by atoms with E-state index in [4.69, 9.17) is 4.74 Å². The van der Waals surface area contributed by atoms with Gasteiger partial charge in [-0.3, -0.25) is 0 Å². The molecule has 126 valence electrons. The summed E-state index contributed by atoms with van der Waals surface area (Å²) < 4.78 is 5.35. The molecule has 5 heteroatoms. The van der Waals surface area contributed by atoms with Gasteiger partial charge < -0.3 is 19.8 Å². The summed E-state index contributed by atoms with van der Waals surface area (Å²) in [5.74, 6) is 0.349. The van der Waals surface area contributed by atoms with E-state index in [9.17, 15) is 15.0 Å². The van der Waals surface area contributed by atoms with Crippen molar-refractivity contribution in [2.45, 2.75) is 25.4 Å². The van der Waals surface area contributed by atoms with Crippen LogP contribution in [-0.2, 0) is 11.3 Å². The van der Waals surface area contributed by atoms with E-state index < -0.39 is 0 Å². The van der Waals surface area contributed by atoms with Gasteiger partial charge in [-0.2, -0.15) is 0 Å². The Kier molecular flexibility index (Phi) is 4.89. The second-order valence-corrected chi connectivity index (χ2v) is 6.04. The Morgan fingerprint density at radius 2 is 1.79 bits per heavy atom. The number of carbonyl (C=O) groups is 1. The summed E-state index contributed by atoms with van der Waals surface area (Å²) in [6.07, 6.45) is 1.23. The van der Waals surface area contributed by atoms with Crippen LogP contribution in [0.3, 0.4) is 0 Å². The number of likely N-dealkylation sites (tertiary alicyclic amines) is 1. The van der Waals surface area contributed by atoms with Crippen LogP contribution >= 0.6 is 0 Å². The number of piperidine rings is 1. The number of phenols is 2. The van der Waals surface area contributed by atoms with Crippen molar-refractivity contribution in [3.8, 4) is 11.5 Å². The molecule has 0 saturated carbocycles. The van der Waals surface area contributed by atoms with Crippen molar-refractivity contribution in [3.63, 3.8) is 0 Å². The third-order valence-corrected chi connectivity index (χ3v) is 4.41. The first-order valence-electron chi connectivity index (χ1n) is 8.11. The molecule has 0 aromatic heterocycles. The minimum absolute atomic E-state index is 0.0539. The molecule has 3 rings (SSSR count). The van der Waals surface area contributed by atoms with E-state index >= 15 is 0 Å². The van der Waals surface area contributed by atoms with E-state index in [2.05, 4.69) is 0 Å². The molecule has 2 aromatic carbocycles. The molecule has 0 atom stereocenters. The number of phenolic OH excluding ortho intramolecular Hbond substituents is 2. The van der Waals surface area contributed by atoms with Gasteiger partial charge in [0.25, 0.3) is 0 Å². The predicted molar refractivity (Wildman–Crippen MR) is 89.9 cm³/mol. The fourth-order valence-electron chi connectivity index (χ4n) is 3.06. The monoisotopic (exact) mass is 327 g/mol. The largest absolute Gasteiger partial charge is 0.508 e. The van der Waals surface area contributed by atoms with Crippen LogP contribution in [-0.4, -0.2) is 34.3 Å². The summed E-state index contributed by atoms with van der Waals surface area (Å²) in [5.41, 5.74) is 1.79. The molecule has 0 spiro atoms. The zero-order valence-electron chi connectivity index (χ0n) is 13.4. The molecule has 2 aromatic rings. The highest BCUT2D eigenvalue weighted by molar-refractivity contribution is 5.67. The molecule has 24 heavy (non-hydrogen) atoms. The normalized spacial score (nSPS) is 15.2. The molecule has 0 radical (unpaired) electrons. The highest BCUT2D eigenvalue weighted by Crippen LogP contribution is 2.35. The minimum atomic E-state index is -0.299. The second-order valence-electron chi connectivity index (χ2n) is 6.04. The highest BCUT2D eigenvalue weighted by Gasteiger charge is 2.26. The Labute approximate surface area is 141 Å². The van der Waals surface area contributed by atoms with Crippen molar-refractivity contribution < 1.29 is 19.7 Å². The molecular weight excluding hydrogens is 306 g/mol. The number of hydrogen-bond acceptors (Lipinski definition) is 4. The molecular formula is C19H21NO4. The summed E-state index contributed by atoms with van der Waals surface area (Å²) in [4.78, 5) is 13.9. The first-order valence-corrected chi connectivity index (χ1v) is 8.11. The molecule has 1 heterocycles. The van der Waals surface area contributed by atoms with Crippen molar-refractivity contribution in [1.29, 1.82) is 0 Å². The van der Waals surface area contributed by atoms with Crippen molar-refractivity contribution in [2.24, 2.45) is 0 Å². The average molecular weight is 327 g/mol. The number of carbonyl (C=O) groups excluding carboxylic acids is 1. The van der Waals surface area contributed by atoms with Crippen molar-refractivity contribution in [2.75, 3.05) is 13.1 Å². The lowest BCUT2D eigenvalue weighted by Crippen LogP contribution is -2.38. The number of benzene rings is 2. The lowest BCUT2D eigenvalue weighted by Gasteiger charge is -2.31. The van der Waals surface area contributed by atoms with E-state index in [0.717, 1.165) is 24.0 Å². The smallest absolute Gasteiger partial charge is 0.410 e. The predicted octanol–water partition coefficient (Wildman–Crippen LogP) is 3.61.